The van der Waals surface area contributed by atoms with Crippen molar-refractivity contribution in [1.29, 1.82) is 0 Å². The van der Waals surface area contributed by atoms with Crippen LogP contribution in [0.5, 0.6) is 0 Å². The lowest BCUT2D eigenvalue weighted by atomic mass is 10.1. The third kappa shape index (κ3) is 6.96. The fourth-order valence-corrected chi connectivity index (χ4v) is 3.84. The number of rotatable bonds is 10. The average molecular weight is 437 g/mol. The van der Waals surface area contributed by atoms with E-state index in [-0.39, 0.29) is 0 Å². The van der Waals surface area contributed by atoms with Gasteiger partial charge in [-0.1, -0.05) is 48.7 Å². The first-order valence-electron chi connectivity index (χ1n) is 7.71. The quantitative estimate of drug-likeness (QED) is 0.330. The Morgan fingerprint density at radius 2 is 0.875 bits per heavy atom. The van der Waals surface area contributed by atoms with Gasteiger partial charge in [-0.05, 0) is 0 Å². The van der Waals surface area contributed by atoms with Gasteiger partial charge in [0.2, 0.25) is 0 Å². The monoisotopic (exact) mass is 436 g/mol. The van der Waals surface area contributed by atoms with E-state index in [1.165, 1.54) is 0 Å². The molecule has 1 rings (SSSR count). The van der Waals surface area contributed by atoms with Crippen molar-refractivity contribution in [3.63, 3.8) is 0 Å². The molecule has 1 aromatic carbocycles. The summed E-state index contributed by atoms with van der Waals surface area (Å²) < 4.78 is 0. The normalized spacial score (nSPS) is 10.5. The maximum Gasteiger partial charge on any atom is 0.109 e. The van der Waals surface area contributed by atoms with Crippen LogP contribution in [0.2, 0.25) is 0 Å². The second kappa shape index (κ2) is 12.7. The molecule has 0 saturated carbocycles. The number of benzene rings is 1. The average Bonchev–Trinajstić information content (AvgIpc) is 2.60. The van der Waals surface area contributed by atoms with Crippen molar-refractivity contribution >= 4 is 84.9 Å². The molecule has 0 aliphatic heterocycles. The molecular formula is C16H24N2S6. The Bertz CT molecular complexity index is 461. The third-order valence-electron chi connectivity index (χ3n) is 3.43. The van der Waals surface area contributed by atoms with Crippen molar-refractivity contribution in [2.45, 2.75) is 0 Å². The predicted octanol–water partition coefficient (Wildman–Crippen LogP) is 3.36. The minimum absolute atomic E-state index is 0.762. The molecular weight excluding hydrogens is 413 g/mol. The molecule has 0 N–H and O–H groups in total. The Labute approximate surface area is 178 Å². The first-order chi connectivity index (χ1) is 11.6. The Morgan fingerprint density at radius 3 is 1.08 bits per heavy atom. The molecule has 0 aromatic heterocycles. The van der Waals surface area contributed by atoms with E-state index in [1.807, 2.05) is 24.3 Å². The lowest BCUT2D eigenvalue weighted by Crippen LogP contribution is -2.34. The van der Waals surface area contributed by atoms with Gasteiger partial charge in [0.05, 0.1) is 0 Å². The number of thiol groups is 4. The van der Waals surface area contributed by atoms with Gasteiger partial charge in [-0.15, -0.1) is 0 Å². The van der Waals surface area contributed by atoms with E-state index < -0.39 is 0 Å². The molecule has 0 spiro atoms. The highest BCUT2D eigenvalue weighted by Crippen LogP contribution is 2.13. The van der Waals surface area contributed by atoms with Crippen molar-refractivity contribution in [3.8, 4) is 0 Å². The first-order valence-corrected chi connectivity index (χ1v) is 11.1. The second-order valence-corrected chi connectivity index (χ2v) is 7.62. The minimum atomic E-state index is 0.762. The Kier molecular flexibility index (Phi) is 11.9. The fraction of sp³-hybridized carbons (Fsp3) is 0.500. The largest absolute Gasteiger partial charge is 0.361 e. The molecule has 0 fully saturated rings. The Balaban J connectivity index is 2.87. The van der Waals surface area contributed by atoms with Crippen molar-refractivity contribution in [2.75, 3.05) is 49.2 Å². The van der Waals surface area contributed by atoms with Crippen molar-refractivity contribution in [3.05, 3.63) is 35.4 Å². The fourth-order valence-electron chi connectivity index (χ4n) is 2.23. The lowest BCUT2D eigenvalue weighted by Gasteiger charge is -2.25. The zero-order valence-corrected chi connectivity index (χ0v) is 18.7. The first kappa shape index (κ1) is 22.4. The van der Waals surface area contributed by atoms with Crippen LogP contribution in [0.4, 0.5) is 0 Å². The van der Waals surface area contributed by atoms with Crippen LogP contribution in [0, 0.1) is 0 Å². The lowest BCUT2D eigenvalue weighted by molar-refractivity contribution is 0.482. The Morgan fingerprint density at radius 1 is 0.625 bits per heavy atom. The van der Waals surface area contributed by atoms with Crippen molar-refractivity contribution in [2.24, 2.45) is 0 Å². The zero-order chi connectivity index (χ0) is 17.9. The molecule has 0 unspecified atom stereocenters. The van der Waals surface area contributed by atoms with Gasteiger partial charge in [0.1, 0.15) is 9.98 Å². The number of hydrogen-bond donors (Lipinski definition) is 4. The molecule has 2 nitrogen and oxygen atoms in total. The van der Waals surface area contributed by atoms with E-state index in [1.54, 1.807) is 0 Å². The van der Waals surface area contributed by atoms with E-state index in [0.29, 0.717) is 0 Å². The standard InChI is InChI=1S/C16H24N2S6/c19-9-5-17(6-10-20)15(23)13-1-2-14(4-3-13)16(24)18(7-11-21)8-12-22/h1-4,19-22H,5-12H2. The highest BCUT2D eigenvalue weighted by Gasteiger charge is 2.13. The van der Waals surface area contributed by atoms with Crippen molar-refractivity contribution < 1.29 is 0 Å². The molecule has 0 aliphatic rings. The van der Waals surface area contributed by atoms with E-state index in [4.69, 9.17) is 24.4 Å². The van der Waals surface area contributed by atoms with Crippen LogP contribution >= 0.6 is 75.0 Å². The van der Waals surface area contributed by atoms with Gasteiger partial charge in [-0.3, -0.25) is 0 Å². The molecule has 0 amide bonds. The molecule has 8 heteroatoms. The number of hydrogen-bond acceptors (Lipinski definition) is 6. The molecule has 0 aliphatic carbocycles. The summed E-state index contributed by atoms with van der Waals surface area (Å²) in [5.74, 6) is 3.05. The summed E-state index contributed by atoms with van der Waals surface area (Å²) in [4.78, 5) is 5.93. The molecule has 1 aromatic rings. The summed E-state index contributed by atoms with van der Waals surface area (Å²) in [5.41, 5.74) is 2.05. The smallest absolute Gasteiger partial charge is 0.109 e. The highest BCUT2D eigenvalue weighted by molar-refractivity contribution is 7.81. The SMILES string of the molecule is S=C(c1ccc(C(=S)N(CCS)CCS)cc1)N(CCS)CCS. The van der Waals surface area contributed by atoms with E-state index in [0.717, 1.165) is 70.3 Å². The molecule has 0 atom stereocenters. The Hall–Kier alpha value is 0.400. The van der Waals surface area contributed by atoms with E-state index >= 15 is 0 Å². The molecule has 0 radical (unpaired) electrons. The highest BCUT2D eigenvalue weighted by atomic mass is 32.1. The number of nitrogens with zero attached hydrogens (tertiary/aromatic N) is 2. The van der Waals surface area contributed by atoms with Crippen LogP contribution in [0.15, 0.2) is 24.3 Å². The number of thiocarbonyl (C=S) groups is 2. The second-order valence-electron chi connectivity index (χ2n) is 5.06. The summed E-state index contributed by atoms with van der Waals surface area (Å²) in [6, 6.07) is 8.14. The van der Waals surface area contributed by atoms with Crippen LogP contribution in [-0.4, -0.2) is 69.0 Å². The van der Waals surface area contributed by atoms with Crippen LogP contribution < -0.4 is 0 Å². The van der Waals surface area contributed by atoms with Crippen molar-refractivity contribution in [1.82, 2.24) is 9.80 Å². The van der Waals surface area contributed by atoms with Crippen LogP contribution in [0.25, 0.3) is 0 Å². The topological polar surface area (TPSA) is 6.48 Å². The van der Waals surface area contributed by atoms with Crippen LogP contribution in [0.1, 0.15) is 11.1 Å². The zero-order valence-electron chi connectivity index (χ0n) is 13.5. The summed E-state index contributed by atoms with van der Waals surface area (Å²) in [6.07, 6.45) is 0. The maximum absolute atomic E-state index is 5.61. The predicted molar refractivity (Wildman–Crippen MR) is 128 cm³/mol. The van der Waals surface area contributed by atoms with Gasteiger partial charge in [-0.2, -0.15) is 50.5 Å². The van der Waals surface area contributed by atoms with E-state index in [9.17, 15) is 0 Å². The van der Waals surface area contributed by atoms with E-state index in [2.05, 4.69) is 60.3 Å². The van der Waals surface area contributed by atoms with Gasteiger partial charge < -0.3 is 9.80 Å². The molecule has 24 heavy (non-hydrogen) atoms. The van der Waals surface area contributed by atoms with Gasteiger partial charge in [0.25, 0.3) is 0 Å². The summed E-state index contributed by atoms with van der Waals surface area (Å²) >= 11 is 28.4. The van der Waals surface area contributed by atoms with Crippen LogP contribution in [-0.2, 0) is 0 Å². The summed E-state index contributed by atoms with van der Waals surface area (Å²) in [7, 11) is 0. The molecule has 134 valence electrons. The summed E-state index contributed by atoms with van der Waals surface area (Å²) in [5, 5.41) is 0. The van der Waals surface area contributed by atoms with Gasteiger partial charge in [0.15, 0.2) is 0 Å². The molecule has 0 saturated heterocycles. The molecule has 0 heterocycles. The maximum atomic E-state index is 5.61. The van der Waals surface area contributed by atoms with Gasteiger partial charge in [-0.25, -0.2) is 0 Å². The van der Waals surface area contributed by atoms with Gasteiger partial charge >= 0.3 is 0 Å². The third-order valence-corrected chi connectivity index (χ3v) is 5.22. The van der Waals surface area contributed by atoms with Crippen LogP contribution in [0.3, 0.4) is 0 Å². The molecule has 0 bridgehead atoms. The van der Waals surface area contributed by atoms with Gasteiger partial charge in [0, 0.05) is 60.3 Å². The minimum Gasteiger partial charge on any atom is -0.361 e. The summed E-state index contributed by atoms with van der Waals surface area (Å²) in [6.45, 7) is 3.28.